The average Bonchev–Trinajstić information content (AvgIpc) is 2.59. The van der Waals surface area contributed by atoms with E-state index in [1.165, 1.54) is 7.11 Å². The first-order chi connectivity index (χ1) is 7.11. The highest BCUT2D eigenvalue weighted by Crippen LogP contribution is 2.35. The molecular formula is C10H10ClNO3. The number of carboxylic acids is 1. The Morgan fingerprint density at radius 3 is 3.00 bits per heavy atom. The summed E-state index contributed by atoms with van der Waals surface area (Å²) in [5, 5.41) is 12.2. The Labute approximate surface area is 91.8 Å². The third kappa shape index (κ3) is 1.72. The number of hydrogen-bond donors (Lipinski definition) is 2. The van der Waals surface area contributed by atoms with E-state index in [0.717, 1.165) is 11.3 Å². The van der Waals surface area contributed by atoms with Gasteiger partial charge in [-0.1, -0.05) is 11.6 Å². The van der Waals surface area contributed by atoms with Crippen LogP contribution in [0.15, 0.2) is 12.1 Å². The first kappa shape index (κ1) is 10.1. The van der Waals surface area contributed by atoms with Crippen LogP contribution in [0, 0.1) is 0 Å². The van der Waals surface area contributed by atoms with Crippen LogP contribution in [0.2, 0.25) is 5.02 Å². The maximum Gasteiger partial charge on any atom is 0.326 e. The van der Waals surface area contributed by atoms with E-state index in [0.29, 0.717) is 17.2 Å². The van der Waals surface area contributed by atoms with Crippen molar-refractivity contribution < 1.29 is 14.6 Å². The third-order valence-corrected chi connectivity index (χ3v) is 2.72. The number of carboxylic acid groups (broad SMARTS) is 1. The van der Waals surface area contributed by atoms with Crippen LogP contribution in [0.3, 0.4) is 0 Å². The summed E-state index contributed by atoms with van der Waals surface area (Å²) in [4.78, 5) is 10.8. The normalized spacial score (nSPS) is 18.1. The van der Waals surface area contributed by atoms with Crippen LogP contribution in [0.25, 0.3) is 0 Å². The Morgan fingerprint density at radius 1 is 1.67 bits per heavy atom. The van der Waals surface area contributed by atoms with Crippen molar-refractivity contribution in [2.75, 3.05) is 12.4 Å². The molecule has 5 heteroatoms. The Bertz CT molecular complexity index is 419. The van der Waals surface area contributed by atoms with Gasteiger partial charge in [0.15, 0.2) is 0 Å². The first-order valence-electron chi connectivity index (χ1n) is 4.47. The molecule has 1 unspecified atom stereocenters. The third-order valence-electron chi connectivity index (χ3n) is 2.43. The lowest BCUT2D eigenvalue weighted by atomic mass is 10.1. The summed E-state index contributed by atoms with van der Waals surface area (Å²) in [6, 6.07) is 2.90. The molecule has 0 saturated heterocycles. The summed E-state index contributed by atoms with van der Waals surface area (Å²) < 4.78 is 5.06. The molecule has 80 valence electrons. The van der Waals surface area contributed by atoms with Gasteiger partial charge in [-0.3, -0.25) is 0 Å². The van der Waals surface area contributed by atoms with Crippen LogP contribution in [0.4, 0.5) is 5.69 Å². The van der Waals surface area contributed by atoms with Crippen LogP contribution in [0.5, 0.6) is 5.75 Å². The molecule has 1 aliphatic heterocycles. The quantitative estimate of drug-likeness (QED) is 0.809. The fourth-order valence-corrected chi connectivity index (χ4v) is 1.90. The summed E-state index contributed by atoms with van der Waals surface area (Å²) in [5.41, 5.74) is 1.69. The van der Waals surface area contributed by atoms with E-state index in [1.54, 1.807) is 12.1 Å². The number of aliphatic carboxylic acids is 1. The Morgan fingerprint density at radius 2 is 2.40 bits per heavy atom. The molecule has 2 N–H and O–H groups in total. The van der Waals surface area contributed by atoms with Gasteiger partial charge in [-0.05, 0) is 17.7 Å². The number of anilines is 1. The fraction of sp³-hybridized carbons (Fsp3) is 0.300. The molecule has 4 nitrogen and oxygen atoms in total. The lowest BCUT2D eigenvalue weighted by Crippen LogP contribution is -2.26. The van der Waals surface area contributed by atoms with Gasteiger partial charge in [-0.15, -0.1) is 0 Å². The first-order valence-corrected chi connectivity index (χ1v) is 4.85. The Kier molecular flexibility index (Phi) is 2.44. The number of fused-ring (bicyclic) bond motifs is 1. The second-order valence-corrected chi connectivity index (χ2v) is 3.79. The molecule has 0 aromatic heterocycles. The van der Waals surface area contributed by atoms with Crippen LogP contribution < -0.4 is 10.1 Å². The zero-order valence-electron chi connectivity index (χ0n) is 8.08. The summed E-state index contributed by atoms with van der Waals surface area (Å²) in [7, 11) is 1.53. The molecule has 1 heterocycles. The van der Waals surface area contributed by atoms with Gasteiger partial charge in [-0.2, -0.15) is 0 Å². The molecule has 1 aliphatic rings. The second kappa shape index (κ2) is 3.62. The van der Waals surface area contributed by atoms with E-state index in [9.17, 15) is 4.79 Å². The fourth-order valence-electron chi connectivity index (χ4n) is 1.66. The van der Waals surface area contributed by atoms with Crippen LogP contribution in [-0.2, 0) is 11.2 Å². The molecule has 0 aliphatic carbocycles. The van der Waals surface area contributed by atoms with Crippen molar-refractivity contribution in [3.8, 4) is 5.75 Å². The lowest BCUT2D eigenvalue weighted by molar-refractivity contribution is -0.137. The van der Waals surface area contributed by atoms with Crippen LogP contribution in [0.1, 0.15) is 5.56 Å². The van der Waals surface area contributed by atoms with E-state index < -0.39 is 12.0 Å². The molecule has 0 amide bonds. The molecule has 0 spiro atoms. The Balaban J connectivity index is 2.35. The van der Waals surface area contributed by atoms with E-state index in [4.69, 9.17) is 21.4 Å². The van der Waals surface area contributed by atoms with E-state index in [1.807, 2.05) is 0 Å². The minimum Gasteiger partial charge on any atom is -0.495 e. The molecule has 1 aromatic carbocycles. The van der Waals surface area contributed by atoms with E-state index in [2.05, 4.69) is 5.32 Å². The lowest BCUT2D eigenvalue weighted by Gasteiger charge is -2.06. The molecule has 0 radical (unpaired) electrons. The zero-order chi connectivity index (χ0) is 11.0. The maximum absolute atomic E-state index is 10.8. The number of rotatable bonds is 2. The molecule has 0 saturated carbocycles. The van der Waals surface area contributed by atoms with Gasteiger partial charge in [0.2, 0.25) is 0 Å². The predicted molar refractivity (Wildman–Crippen MR) is 56.8 cm³/mol. The number of hydrogen-bond acceptors (Lipinski definition) is 3. The summed E-state index contributed by atoms with van der Waals surface area (Å²) in [5.74, 6) is -0.287. The molecular weight excluding hydrogens is 218 g/mol. The van der Waals surface area contributed by atoms with E-state index in [-0.39, 0.29) is 0 Å². The highest BCUT2D eigenvalue weighted by molar-refractivity contribution is 6.32. The Hall–Kier alpha value is -1.42. The monoisotopic (exact) mass is 227 g/mol. The van der Waals surface area contributed by atoms with Gasteiger partial charge >= 0.3 is 5.97 Å². The van der Waals surface area contributed by atoms with Crippen LogP contribution >= 0.6 is 11.6 Å². The molecule has 15 heavy (non-hydrogen) atoms. The van der Waals surface area contributed by atoms with Crippen molar-refractivity contribution in [2.24, 2.45) is 0 Å². The van der Waals surface area contributed by atoms with Crippen LogP contribution in [-0.4, -0.2) is 24.2 Å². The average molecular weight is 228 g/mol. The van der Waals surface area contributed by atoms with Gasteiger partial charge in [0.1, 0.15) is 11.8 Å². The summed E-state index contributed by atoms with van der Waals surface area (Å²) in [6.45, 7) is 0. The second-order valence-electron chi connectivity index (χ2n) is 3.38. The van der Waals surface area contributed by atoms with Crippen molar-refractivity contribution in [3.63, 3.8) is 0 Å². The number of nitrogens with one attached hydrogen (secondary N) is 1. The van der Waals surface area contributed by atoms with Crippen molar-refractivity contribution in [3.05, 3.63) is 22.7 Å². The number of halogens is 1. The number of methoxy groups -OCH3 is 1. The highest BCUT2D eigenvalue weighted by atomic mass is 35.5. The maximum atomic E-state index is 10.8. The van der Waals surface area contributed by atoms with Gasteiger partial charge in [-0.25, -0.2) is 4.79 Å². The van der Waals surface area contributed by atoms with Gasteiger partial charge in [0.25, 0.3) is 0 Å². The van der Waals surface area contributed by atoms with Gasteiger partial charge < -0.3 is 15.2 Å². The van der Waals surface area contributed by atoms with Crippen molar-refractivity contribution in [2.45, 2.75) is 12.5 Å². The van der Waals surface area contributed by atoms with Gasteiger partial charge in [0.05, 0.1) is 12.1 Å². The molecule has 1 atom stereocenters. The number of ether oxygens (including phenoxy) is 1. The van der Waals surface area contributed by atoms with E-state index >= 15 is 0 Å². The summed E-state index contributed by atoms with van der Waals surface area (Å²) in [6.07, 6.45) is 0.457. The minimum atomic E-state index is -0.860. The SMILES string of the molecule is COc1cc2c(cc1Cl)NC(C(=O)O)C2. The van der Waals surface area contributed by atoms with Crippen molar-refractivity contribution >= 4 is 23.3 Å². The smallest absolute Gasteiger partial charge is 0.326 e. The predicted octanol–water partition coefficient (Wildman–Crippen LogP) is 1.77. The number of benzene rings is 1. The standard InChI is InChI=1S/C10H10ClNO3/c1-15-9-3-5-2-8(10(13)14)12-7(5)4-6(9)11/h3-4,8,12H,2H2,1H3,(H,13,14). The largest absolute Gasteiger partial charge is 0.495 e. The van der Waals surface area contributed by atoms with Crippen molar-refractivity contribution in [1.82, 2.24) is 0 Å². The topological polar surface area (TPSA) is 58.6 Å². The van der Waals surface area contributed by atoms with Gasteiger partial charge in [0, 0.05) is 12.1 Å². The minimum absolute atomic E-state index is 0.457. The molecule has 0 bridgehead atoms. The molecule has 1 aromatic rings. The van der Waals surface area contributed by atoms with Crippen molar-refractivity contribution in [1.29, 1.82) is 0 Å². The molecule has 0 fully saturated rings. The summed E-state index contributed by atoms with van der Waals surface area (Å²) >= 11 is 5.92. The zero-order valence-corrected chi connectivity index (χ0v) is 8.84. The number of carbonyl (C=O) groups is 1. The molecule has 2 rings (SSSR count). The highest BCUT2D eigenvalue weighted by Gasteiger charge is 2.27.